The van der Waals surface area contributed by atoms with Crippen molar-refractivity contribution in [3.8, 4) is 0 Å². The zero-order chi connectivity index (χ0) is 17.9. The number of thioether (sulfide) groups is 1. The number of likely N-dealkylation sites (tertiary alicyclic amines) is 1. The van der Waals surface area contributed by atoms with Crippen LogP contribution in [0.15, 0.2) is 24.3 Å². The van der Waals surface area contributed by atoms with Crippen molar-refractivity contribution in [3.05, 3.63) is 29.8 Å². The molecule has 0 aliphatic carbocycles. The lowest BCUT2D eigenvalue weighted by Crippen LogP contribution is -2.49. The molecule has 1 unspecified atom stereocenters. The summed E-state index contributed by atoms with van der Waals surface area (Å²) in [6.07, 6.45) is 4.86. The summed E-state index contributed by atoms with van der Waals surface area (Å²) in [5.41, 5.74) is 1.70. The van der Waals surface area contributed by atoms with Crippen molar-refractivity contribution in [2.24, 2.45) is 0 Å². The number of amides is 2. The molecule has 26 heavy (non-hydrogen) atoms. The minimum absolute atomic E-state index is 0.000170. The molecule has 2 fully saturated rings. The van der Waals surface area contributed by atoms with Gasteiger partial charge in [-0.1, -0.05) is 18.2 Å². The highest BCUT2D eigenvalue weighted by Crippen LogP contribution is 2.32. The third-order valence-electron chi connectivity index (χ3n) is 5.90. The van der Waals surface area contributed by atoms with E-state index in [-0.39, 0.29) is 30.2 Å². The van der Waals surface area contributed by atoms with E-state index < -0.39 is 0 Å². The summed E-state index contributed by atoms with van der Waals surface area (Å²) in [6, 6.07) is 8.60. The van der Waals surface area contributed by atoms with Crippen molar-refractivity contribution in [2.45, 2.75) is 50.1 Å². The topological polar surface area (TPSA) is 61.4 Å². The van der Waals surface area contributed by atoms with Crippen LogP contribution in [0.25, 0.3) is 0 Å². The Morgan fingerprint density at radius 2 is 1.85 bits per heavy atom. The lowest BCUT2D eigenvalue weighted by Gasteiger charge is -2.39. The molecule has 1 atom stereocenters. The smallest absolute Gasteiger partial charge is 0.228 e. The molecule has 1 aromatic carbocycles. The predicted molar refractivity (Wildman–Crippen MR) is 106 cm³/mol. The molecule has 3 aliphatic heterocycles. The molecule has 3 aliphatic rings. The average molecular weight is 374 g/mol. The second kappa shape index (κ2) is 8.01. The maximum Gasteiger partial charge on any atom is 0.228 e. The Balaban J connectivity index is 1.34. The minimum Gasteiger partial charge on any atom is -0.353 e. The number of rotatable bonds is 3. The average Bonchev–Trinajstić information content (AvgIpc) is 2.68. The first-order valence-electron chi connectivity index (χ1n) is 9.71. The number of nitrogens with zero attached hydrogens (tertiary/aromatic N) is 1. The molecule has 0 aromatic heterocycles. The van der Waals surface area contributed by atoms with E-state index >= 15 is 0 Å². The van der Waals surface area contributed by atoms with Gasteiger partial charge < -0.3 is 15.5 Å². The fraction of sp³-hybridized carbons (Fsp3) is 0.600. The first-order valence-corrected chi connectivity index (χ1v) is 10.9. The molecule has 5 nitrogen and oxygen atoms in total. The molecule has 4 rings (SSSR count). The van der Waals surface area contributed by atoms with Crippen LogP contribution in [0.1, 0.15) is 43.6 Å². The summed E-state index contributed by atoms with van der Waals surface area (Å²) in [4.78, 5) is 27.4. The summed E-state index contributed by atoms with van der Waals surface area (Å²) in [7, 11) is 0. The molecule has 2 N–H and O–H groups in total. The van der Waals surface area contributed by atoms with Gasteiger partial charge in [-0.25, -0.2) is 0 Å². The number of carbonyl (C=O) groups excluding carboxylic acids is 2. The van der Waals surface area contributed by atoms with Gasteiger partial charge in [0.05, 0.1) is 5.92 Å². The molecule has 3 heterocycles. The van der Waals surface area contributed by atoms with Crippen LogP contribution in [0.2, 0.25) is 0 Å². The van der Waals surface area contributed by atoms with E-state index in [2.05, 4.69) is 27.3 Å². The van der Waals surface area contributed by atoms with Gasteiger partial charge >= 0.3 is 0 Å². The Kier molecular flexibility index (Phi) is 5.50. The molecule has 0 radical (unpaired) electrons. The summed E-state index contributed by atoms with van der Waals surface area (Å²) in [5.74, 6) is 2.12. The number of fused-ring (bicyclic) bond motifs is 1. The van der Waals surface area contributed by atoms with Crippen LogP contribution in [0.5, 0.6) is 0 Å². The molecule has 0 saturated carbocycles. The quantitative estimate of drug-likeness (QED) is 0.855. The number of nitrogens with one attached hydrogen (secondary N) is 2. The molecular formula is C20H27N3O2S. The molecular weight excluding hydrogens is 346 g/mol. The first-order chi connectivity index (χ1) is 12.7. The van der Waals surface area contributed by atoms with E-state index in [0.29, 0.717) is 0 Å². The lowest BCUT2D eigenvalue weighted by molar-refractivity contribution is -0.127. The normalized spacial score (nSPS) is 25.4. The SMILES string of the molecule is O=C1CC(C(=O)NC2CCN(C3CCSCC3)CC2)c2ccccc2N1. The van der Waals surface area contributed by atoms with Crippen LogP contribution in [0.4, 0.5) is 5.69 Å². The van der Waals surface area contributed by atoms with Crippen LogP contribution in [0, 0.1) is 0 Å². The summed E-state index contributed by atoms with van der Waals surface area (Å²) < 4.78 is 0. The Labute approximate surface area is 159 Å². The monoisotopic (exact) mass is 373 g/mol. The molecule has 6 heteroatoms. The maximum absolute atomic E-state index is 12.9. The second-order valence-corrected chi connectivity index (χ2v) is 8.78. The van der Waals surface area contributed by atoms with E-state index in [9.17, 15) is 9.59 Å². The minimum atomic E-state index is -0.367. The summed E-state index contributed by atoms with van der Waals surface area (Å²) in [6.45, 7) is 2.14. The Bertz CT molecular complexity index is 667. The fourth-order valence-electron chi connectivity index (χ4n) is 4.41. The Morgan fingerprint density at radius 1 is 1.12 bits per heavy atom. The van der Waals surface area contributed by atoms with Crippen LogP contribution < -0.4 is 10.6 Å². The second-order valence-electron chi connectivity index (χ2n) is 7.55. The third kappa shape index (κ3) is 3.91. The van der Waals surface area contributed by atoms with Gasteiger partial charge in [-0.3, -0.25) is 9.59 Å². The van der Waals surface area contributed by atoms with Crippen molar-refractivity contribution < 1.29 is 9.59 Å². The summed E-state index contributed by atoms with van der Waals surface area (Å²) >= 11 is 2.07. The molecule has 0 spiro atoms. The van der Waals surface area contributed by atoms with Gasteiger partial charge in [0, 0.05) is 37.3 Å². The Morgan fingerprint density at radius 3 is 2.62 bits per heavy atom. The molecule has 0 bridgehead atoms. The van der Waals surface area contributed by atoms with Gasteiger partial charge in [-0.05, 0) is 48.8 Å². The number of anilines is 1. The maximum atomic E-state index is 12.9. The van der Waals surface area contributed by atoms with Gasteiger partial charge in [0.25, 0.3) is 0 Å². The Hall–Kier alpha value is -1.53. The highest BCUT2D eigenvalue weighted by atomic mass is 32.2. The van der Waals surface area contributed by atoms with Crippen molar-refractivity contribution in [1.29, 1.82) is 0 Å². The van der Waals surface area contributed by atoms with E-state index in [1.165, 1.54) is 24.3 Å². The fourth-order valence-corrected chi connectivity index (χ4v) is 5.49. The molecule has 140 valence electrons. The van der Waals surface area contributed by atoms with Crippen LogP contribution >= 0.6 is 11.8 Å². The van der Waals surface area contributed by atoms with Crippen molar-refractivity contribution in [3.63, 3.8) is 0 Å². The third-order valence-corrected chi connectivity index (χ3v) is 6.95. The molecule has 2 amide bonds. The number of para-hydroxylation sites is 1. The van der Waals surface area contributed by atoms with Gasteiger partial charge in [0.2, 0.25) is 11.8 Å². The highest BCUT2D eigenvalue weighted by molar-refractivity contribution is 7.99. The number of hydrogen-bond donors (Lipinski definition) is 2. The standard InChI is InChI=1S/C20H27N3O2S/c24-19-13-17(16-3-1-2-4-18(16)22-19)20(25)21-14-5-9-23(10-6-14)15-7-11-26-12-8-15/h1-4,14-15,17H,5-13H2,(H,21,25)(H,22,24). The van der Waals surface area contributed by atoms with Crippen molar-refractivity contribution in [1.82, 2.24) is 10.2 Å². The van der Waals surface area contributed by atoms with E-state index in [4.69, 9.17) is 0 Å². The van der Waals surface area contributed by atoms with Gasteiger partial charge in [-0.15, -0.1) is 0 Å². The zero-order valence-corrected chi connectivity index (χ0v) is 15.9. The van der Waals surface area contributed by atoms with Crippen molar-refractivity contribution >= 4 is 29.3 Å². The van der Waals surface area contributed by atoms with Gasteiger partial charge in [0.15, 0.2) is 0 Å². The number of piperidine rings is 1. The van der Waals surface area contributed by atoms with Crippen LogP contribution in [-0.2, 0) is 9.59 Å². The van der Waals surface area contributed by atoms with Crippen molar-refractivity contribution in [2.75, 3.05) is 29.9 Å². The number of carbonyl (C=O) groups is 2. The number of benzene rings is 1. The largest absolute Gasteiger partial charge is 0.353 e. The lowest BCUT2D eigenvalue weighted by atomic mass is 9.89. The predicted octanol–water partition coefficient (Wildman–Crippen LogP) is 2.59. The van der Waals surface area contributed by atoms with Crippen LogP contribution in [-0.4, -0.2) is 53.4 Å². The first kappa shape index (κ1) is 17.9. The van der Waals surface area contributed by atoms with E-state index in [1.54, 1.807) is 0 Å². The molecule has 2 saturated heterocycles. The van der Waals surface area contributed by atoms with E-state index in [1.807, 2.05) is 24.3 Å². The van der Waals surface area contributed by atoms with Crippen LogP contribution in [0.3, 0.4) is 0 Å². The van der Waals surface area contributed by atoms with E-state index in [0.717, 1.165) is 43.2 Å². The summed E-state index contributed by atoms with van der Waals surface area (Å²) in [5, 5.41) is 6.09. The van der Waals surface area contributed by atoms with Gasteiger partial charge in [-0.2, -0.15) is 11.8 Å². The van der Waals surface area contributed by atoms with Gasteiger partial charge in [0.1, 0.15) is 0 Å². The highest BCUT2D eigenvalue weighted by Gasteiger charge is 2.33. The molecule has 1 aromatic rings. The number of hydrogen-bond acceptors (Lipinski definition) is 4. The zero-order valence-electron chi connectivity index (χ0n) is 15.1.